The molecule has 0 aliphatic carbocycles. The average molecular weight is 225 g/mol. The minimum absolute atomic E-state index is 0.506. The van der Waals surface area contributed by atoms with Crippen molar-refractivity contribution in [1.29, 1.82) is 0 Å². The van der Waals surface area contributed by atoms with E-state index in [2.05, 4.69) is 28.7 Å². The molecule has 0 saturated carbocycles. The van der Waals surface area contributed by atoms with Gasteiger partial charge in [-0.05, 0) is 13.3 Å². The first-order valence-corrected chi connectivity index (χ1v) is 6.04. The van der Waals surface area contributed by atoms with Gasteiger partial charge in [-0.25, -0.2) is 4.98 Å². The van der Waals surface area contributed by atoms with Crippen molar-refractivity contribution in [3.8, 4) is 0 Å². The lowest BCUT2D eigenvalue weighted by Crippen LogP contribution is -2.23. The molecule has 0 saturated heterocycles. The van der Waals surface area contributed by atoms with Crippen LogP contribution < -0.4 is 5.32 Å². The summed E-state index contributed by atoms with van der Waals surface area (Å²) in [5, 5.41) is 3.40. The fourth-order valence-corrected chi connectivity index (χ4v) is 1.49. The maximum Gasteiger partial charge on any atom is 0.0948 e. The van der Waals surface area contributed by atoms with Gasteiger partial charge >= 0.3 is 0 Å². The molecule has 1 heterocycles. The molecule has 16 heavy (non-hydrogen) atoms. The number of ether oxygens (including phenoxy) is 1. The minimum atomic E-state index is 0.506. The number of aryl methyl sites for hydroxylation is 1. The Balaban J connectivity index is 2.32. The SMILES string of the molecule is CCOCCCn1cncc1CNC(C)C. The van der Waals surface area contributed by atoms with Crippen molar-refractivity contribution in [2.75, 3.05) is 13.2 Å². The highest BCUT2D eigenvalue weighted by molar-refractivity contribution is 4.98. The third-order valence-electron chi connectivity index (χ3n) is 2.38. The van der Waals surface area contributed by atoms with Crippen molar-refractivity contribution in [3.05, 3.63) is 18.2 Å². The largest absolute Gasteiger partial charge is 0.382 e. The molecule has 0 aliphatic heterocycles. The van der Waals surface area contributed by atoms with Crippen LogP contribution in [0.15, 0.2) is 12.5 Å². The van der Waals surface area contributed by atoms with Gasteiger partial charge in [0.2, 0.25) is 0 Å². The highest BCUT2D eigenvalue weighted by Crippen LogP contribution is 2.01. The minimum Gasteiger partial charge on any atom is -0.382 e. The Labute approximate surface area is 98.0 Å². The molecule has 0 amide bonds. The van der Waals surface area contributed by atoms with Gasteiger partial charge in [-0.2, -0.15) is 0 Å². The van der Waals surface area contributed by atoms with E-state index >= 15 is 0 Å². The summed E-state index contributed by atoms with van der Waals surface area (Å²) in [5.41, 5.74) is 1.24. The summed E-state index contributed by atoms with van der Waals surface area (Å²) in [4.78, 5) is 4.18. The van der Waals surface area contributed by atoms with Crippen LogP contribution in [-0.2, 0) is 17.8 Å². The maximum absolute atomic E-state index is 5.32. The molecule has 4 heteroatoms. The summed E-state index contributed by atoms with van der Waals surface area (Å²) in [7, 11) is 0. The van der Waals surface area contributed by atoms with Gasteiger partial charge in [0, 0.05) is 38.5 Å². The first kappa shape index (κ1) is 13.2. The van der Waals surface area contributed by atoms with Gasteiger partial charge in [0.05, 0.1) is 12.0 Å². The van der Waals surface area contributed by atoms with Gasteiger partial charge < -0.3 is 14.6 Å². The summed E-state index contributed by atoms with van der Waals surface area (Å²) in [6.07, 6.45) is 4.86. The molecule has 0 unspecified atom stereocenters. The van der Waals surface area contributed by atoms with E-state index in [0.29, 0.717) is 6.04 Å². The second-order valence-electron chi connectivity index (χ2n) is 4.16. The summed E-state index contributed by atoms with van der Waals surface area (Å²) < 4.78 is 7.51. The van der Waals surface area contributed by atoms with Gasteiger partial charge in [0.15, 0.2) is 0 Å². The molecule has 0 aromatic carbocycles. The molecule has 0 spiro atoms. The molecular formula is C12H23N3O. The van der Waals surface area contributed by atoms with Crippen LogP contribution in [-0.4, -0.2) is 28.8 Å². The number of imidazole rings is 1. The highest BCUT2D eigenvalue weighted by Gasteiger charge is 2.02. The molecule has 1 aromatic heterocycles. The van der Waals surface area contributed by atoms with Crippen molar-refractivity contribution in [1.82, 2.24) is 14.9 Å². The zero-order chi connectivity index (χ0) is 11.8. The van der Waals surface area contributed by atoms with Gasteiger partial charge in [0.1, 0.15) is 0 Å². The van der Waals surface area contributed by atoms with Crippen molar-refractivity contribution in [2.24, 2.45) is 0 Å². The van der Waals surface area contributed by atoms with Crippen molar-refractivity contribution >= 4 is 0 Å². The molecule has 1 aromatic rings. The quantitative estimate of drug-likeness (QED) is 0.686. The van der Waals surface area contributed by atoms with Gasteiger partial charge in [0.25, 0.3) is 0 Å². The van der Waals surface area contributed by atoms with Crippen LogP contribution in [0, 0.1) is 0 Å². The predicted molar refractivity (Wildman–Crippen MR) is 65.3 cm³/mol. The third-order valence-corrected chi connectivity index (χ3v) is 2.38. The molecule has 1 rings (SSSR count). The van der Waals surface area contributed by atoms with E-state index in [9.17, 15) is 0 Å². The Morgan fingerprint density at radius 2 is 2.31 bits per heavy atom. The average Bonchev–Trinajstić information content (AvgIpc) is 2.69. The molecule has 92 valence electrons. The van der Waals surface area contributed by atoms with Crippen LogP contribution in [0.3, 0.4) is 0 Å². The fraction of sp³-hybridized carbons (Fsp3) is 0.750. The fourth-order valence-electron chi connectivity index (χ4n) is 1.49. The zero-order valence-electron chi connectivity index (χ0n) is 10.6. The van der Waals surface area contributed by atoms with Gasteiger partial charge in [-0.15, -0.1) is 0 Å². The molecule has 0 aliphatic rings. The summed E-state index contributed by atoms with van der Waals surface area (Å²) in [6, 6.07) is 0.506. The molecule has 0 fully saturated rings. The van der Waals surface area contributed by atoms with Crippen LogP contribution in [0.1, 0.15) is 32.9 Å². The molecule has 0 atom stereocenters. The van der Waals surface area contributed by atoms with Crippen molar-refractivity contribution in [2.45, 2.75) is 46.3 Å². The summed E-state index contributed by atoms with van der Waals surface area (Å²) >= 11 is 0. The molecule has 0 radical (unpaired) electrons. The summed E-state index contributed by atoms with van der Waals surface area (Å²) in [5.74, 6) is 0. The number of nitrogens with zero attached hydrogens (tertiary/aromatic N) is 2. The normalized spacial score (nSPS) is 11.2. The number of nitrogens with one attached hydrogen (secondary N) is 1. The first-order valence-electron chi connectivity index (χ1n) is 6.04. The Morgan fingerprint density at radius 3 is 3.00 bits per heavy atom. The maximum atomic E-state index is 5.32. The lowest BCUT2D eigenvalue weighted by molar-refractivity contribution is 0.141. The number of hydrogen-bond acceptors (Lipinski definition) is 3. The monoisotopic (exact) mass is 225 g/mol. The Morgan fingerprint density at radius 1 is 1.50 bits per heavy atom. The molecular weight excluding hydrogens is 202 g/mol. The molecule has 0 bridgehead atoms. The lowest BCUT2D eigenvalue weighted by Gasteiger charge is -2.11. The van der Waals surface area contributed by atoms with E-state index in [1.54, 1.807) is 0 Å². The standard InChI is InChI=1S/C12H23N3O/c1-4-16-7-5-6-15-10-13-8-12(15)9-14-11(2)3/h8,10-11,14H,4-7,9H2,1-3H3. The van der Waals surface area contributed by atoms with Crippen LogP contribution in [0.2, 0.25) is 0 Å². The van der Waals surface area contributed by atoms with Crippen molar-refractivity contribution < 1.29 is 4.74 Å². The van der Waals surface area contributed by atoms with Gasteiger partial charge in [-0.1, -0.05) is 13.8 Å². The first-order chi connectivity index (χ1) is 7.74. The van der Waals surface area contributed by atoms with E-state index in [-0.39, 0.29) is 0 Å². The number of aromatic nitrogens is 2. The van der Waals surface area contributed by atoms with E-state index < -0.39 is 0 Å². The van der Waals surface area contributed by atoms with Crippen molar-refractivity contribution in [3.63, 3.8) is 0 Å². The van der Waals surface area contributed by atoms with Gasteiger partial charge in [-0.3, -0.25) is 0 Å². The summed E-state index contributed by atoms with van der Waals surface area (Å²) in [6.45, 7) is 9.81. The molecule has 4 nitrogen and oxygen atoms in total. The zero-order valence-corrected chi connectivity index (χ0v) is 10.6. The Hall–Kier alpha value is -0.870. The smallest absolute Gasteiger partial charge is 0.0948 e. The molecule has 1 N–H and O–H groups in total. The van der Waals surface area contributed by atoms with E-state index in [1.165, 1.54) is 5.69 Å². The third kappa shape index (κ3) is 4.77. The predicted octanol–water partition coefficient (Wildman–Crippen LogP) is 1.81. The number of hydrogen-bond donors (Lipinski definition) is 1. The number of rotatable bonds is 8. The Kier molecular flexibility index (Phi) is 6.11. The highest BCUT2D eigenvalue weighted by atomic mass is 16.5. The van der Waals surface area contributed by atoms with Crippen LogP contribution in [0.4, 0.5) is 0 Å². The lowest BCUT2D eigenvalue weighted by atomic mass is 10.3. The second-order valence-corrected chi connectivity index (χ2v) is 4.16. The Bertz CT molecular complexity index is 284. The van der Waals surface area contributed by atoms with Crippen LogP contribution in [0.25, 0.3) is 0 Å². The van der Waals surface area contributed by atoms with E-state index in [4.69, 9.17) is 4.74 Å². The van der Waals surface area contributed by atoms with E-state index in [1.807, 2.05) is 19.4 Å². The van der Waals surface area contributed by atoms with Crippen LogP contribution in [0.5, 0.6) is 0 Å². The second kappa shape index (κ2) is 7.41. The van der Waals surface area contributed by atoms with Crippen LogP contribution >= 0.6 is 0 Å². The topological polar surface area (TPSA) is 39.1 Å². The van der Waals surface area contributed by atoms with E-state index in [0.717, 1.165) is 32.7 Å².